The van der Waals surface area contributed by atoms with E-state index in [0.29, 0.717) is 5.41 Å². The molecule has 0 radical (unpaired) electrons. The minimum absolute atomic E-state index is 0.256. The third kappa shape index (κ3) is 4.66. The van der Waals surface area contributed by atoms with Gasteiger partial charge in [-0.3, -0.25) is 0 Å². The lowest BCUT2D eigenvalue weighted by Crippen LogP contribution is -2.23. The molecule has 1 saturated carbocycles. The van der Waals surface area contributed by atoms with Crippen LogP contribution in [0.4, 0.5) is 0 Å². The predicted molar refractivity (Wildman–Crippen MR) is 58.6 cm³/mol. The molecule has 2 N–H and O–H groups in total. The molecule has 1 nitrogen and oxygen atoms in total. The number of hydrogen-bond acceptors (Lipinski definition) is 1. The average molecular weight is 183 g/mol. The summed E-state index contributed by atoms with van der Waals surface area (Å²) in [7, 11) is 0. The summed E-state index contributed by atoms with van der Waals surface area (Å²) in [6.07, 6.45) is 6.39. The maximum absolute atomic E-state index is 6.06. The maximum Gasteiger partial charge on any atom is 0.0155 e. The molecule has 0 aromatic carbocycles. The van der Waals surface area contributed by atoms with Gasteiger partial charge in [0.15, 0.2) is 0 Å². The van der Waals surface area contributed by atoms with E-state index in [4.69, 9.17) is 5.73 Å². The zero-order valence-electron chi connectivity index (χ0n) is 9.69. The fourth-order valence-corrected chi connectivity index (χ4v) is 2.09. The van der Waals surface area contributed by atoms with E-state index >= 15 is 0 Å². The van der Waals surface area contributed by atoms with Gasteiger partial charge < -0.3 is 5.73 Å². The van der Waals surface area contributed by atoms with Crippen molar-refractivity contribution in [2.75, 3.05) is 0 Å². The summed E-state index contributed by atoms with van der Waals surface area (Å²) in [5.41, 5.74) is 6.79. The molecule has 0 saturated heterocycles. The van der Waals surface area contributed by atoms with Gasteiger partial charge in [0.25, 0.3) is 0 Å². The molecule has 78 valence electrons. The van der Waals surface area contributed by atoms with Crippen LogP contribution in [0.25, 0.3) is 0 Å². The molecule has 1 heteroatoms. The largest absolute Gasteiger partial charge is 0.325 e. The van der Waals surface area contributed by atoms with E-state index in [2.05, 4.69) is 27.7 Å². The Kier molecular flexibility index (Phi) is 3.06. The fraction of sp³-hybridized carbons (Fsp3) is 1.00. The van der Waals surface area contributed by atoms with Crippen LogP contribution < -0.4 is 5.73 Å². The van der Waals surface area contributed by atoms with Gasteiger partial charge in [0.2, 0.25) is 0 Å². The molecule has 1 rings (SSSR count). The van der Waals surface area contributed by atoms with Gasteiger partial charge in [-0.15, -0.1) is 0 Å². The minimum atomic E-state index is 0.256. The van der Waals surface area contributed by atoms with Crippen molar-refractivity contribution in [3.63, 3.8) is 0 Å². The smallest absolute Gasteiger partial charge is 0.0155 e. The Morgan fingerprint density at radius 3 is 2.23 bits per heavy atom. The molecular weight excluding hydrogens is 158 g/mol. The van der Waals surface area contributed by atoms with Crippen molar-refractivity contribution < 1.29 is 0 Å². The van der Waals surface area contributed by atoms with Crippen molar-refractivity contribution in [2.45, 2.75) is 65.3 Å². The van der Waals surface area contributed by atoms with Crippen molar-refractivity contribution in [3.05, 3.63) is 0 Å². The van der Waals surface area contributed by atoms with Gasteiger partial charge in [0.05, 0.1) is 0 Å². The zero-order chi connectivity index (χ0) is 10.1. The van der Waals surface area contributed by atoms with Crippen LogP contribution in [0.1, 0.15) is 59.8 Å². The summed E-state index contributed by atoms with van der Waals surface area (Å²) < 4.78 is 0. The molecule has 1 unspecified atom stereocenters. The van der Waals surface area contributed by atoms with Crippen LogP contribution in [-0.4, -0.2) is 5.54 Å². The van der Waals surface area contributed by atoms with Crippen molar-refractivity contribution in [2.24, 2.45) is 17.1 Å². The first kappa shape index (κ1) is 11.0. The van der Waals surface area contributed by atoms with Crippen molar-refractivity contribution in [1.82, 2.24) is 0 Å². The van der Waals surface area contributed by atoms with Crippen LogP contribution in [-0.2, 0) is 0 Å². The number of nitrogens with two attached hydrogens (primary N) is 1. The van der Waals surface area contributed by atoms with E-state index in [0.717, 1.165) is 5.92 Å². The Hall–Kier alpha value is -0.0400. The van der Waals surface area contributed by atoms with Crippen LogP contribution in [0.3, 0.4) is 0 Å². The molecule has 0 bridgehead atoms. The van der Waals surface area contributed by atoms with Gasteiger partial charge in [0.1, 0.15) is 0 Å². The van der Waals surface area contributed by atoms with Gasteiger partial charge in [-0.25, -0.2) is 0 Å². The summed E-state index contributed by atoms with van der Waals surface area (Å²) >= 11 is 0. The highest BCUT2D eigenvalue weighted by molar-refractivity contribution is 4.98. The first-order valence-electron chi connectivity index (χ1n) is 5.60. The second kappa shape index (κ2) is 3.61. The third-order valence-electron chi connectivity index (χ3n) is 2.99. The lowest BCUT2D eigenvalue weighted by molar-refractivity contribution is 0.287. The van der Waals surface area contributed by atoms with Gasteiger partial charge in [-0.1, -0.05) is 27.7 Å². The Balaban J connectivity index is 2.14. The average Bonchev–Trinajstić information content (AvgIpc) is 2.62. The standard InChI is InChI=1S/C12H25N/c1-10(9-11(2,3)4)5-6-12(13)7-8-12/h10H,5-9,13H2,1-4H3. The minimum Gasteiger partial charge on any atom is -0.325 e. The van der Waals surface area contributed by atoms with Crippen molar-refractivity contribution in [3.8, 4) is 0 Å². The summed E-state index contributed by atoms with van der Waals surface area (Å²) in [4.78, 5) is 0. The molecule has 1 atom stereocenters. The monoisotopic (exact) mass is 183 g/mol. The summed E-state index contributed by atoms with van der Waals surface area (Å²) in [6, 6.07) is 0. The lowest BCUT2D eigenvalue weighted by Gasteiger charge is -2.24. The predicted octanol–water partition coefficient (Wildman–Crippen LogP) is 3.33. The first-order valence-corrected chi connectivity index (χ1v) is 5.60. The van der Waals surface area contributed by atoms with Gasteiger partial charge in [-0.2, -0.15) is 0 Å². The molecule has 0 spiro atoms. The van der Waals surface area contributed by atoms with Crippen LogP contribution in [0.15, 0.2) is 0 Å². The van der Waals surface area contributed by atoms with Gasteiger partial charge >= 0.3 is 0 Å². The molecule has 1 aliphatic carbocycles. The van der Waals surface area contributed by atoms with E-state index in [9.17, 15) is 0 Å². The van der Waals surface area contributed by atoms with Crippen LogP contribution in [0.5, 0.6) is 0 Å². The molecule has 0 aliphatic heterocycles. The Morgan fingerprint density at radius 2 is 1.85 bits per heavy atom. The van der Waals surface area contributed by atoms with E-state index < -0.39 is 0 Å². The zero-order valence-corrected chi connectivity index (χ0v) is 9.69. The van der Waals surface area contributed by atoms with E-state index in [-0.39, 0.29) is 5.54 Å². The van der Waals surface area contributed by atoms with Crippen LogP contribution >= 0.6 is 0 Å². The summed E-state index contributed by atoms with van der Waals surface area (Å²) in [5.74, 6) is 0.834. The SMILES string of the molecule is CC(CCC1(N)CC1)CC(C)(C)C. The third-order valence-corrected chi connectivity index (χ3v) is 2.99. The number of rotatable bonds is 4. The Labute approximate surface area is 83.1 Å². The topological polar surface area (TPSA) is 26.0 Å². The Morgan fingerprint density at radius 1 is 1.31 bits per heavy atom. The van der Waals surface area contributed by atoms with Gasteiger partial charge in [0, 0.05) is 5.54 Å². The highest BCUT2D eigenvalue weighted by atomic mass is 14.8. The maximum atomic E-state index is 6.06. The van der Waals surface area contributed by atoms with Gasteiger partial charge in [-0.05, 0) is 43.4 Å². The summed E-state index contributed by atoms with van der Waals surface area (Å²) in [5, 5.41) is 0. The molecule has 0 amide bonds. The molecule has 0 aromatic rings. The second-order valence-electron chi connectivity index (χ2n) is 6.27. The van der Waals surface area contributed by atoms with Crippen LogP contribution in [0.2, 0.25) is 0 Å². The molecule has 0 heterocycles. The lowest BCUT2D eigenvalue weighted by atomic mass is 9.83. The Bertz CT molecular complexity index is 162. The first-order chi connectivity index (χ1) is 5.81. The fourth-order valence-electron chi connectivity index (χ4n) is 2.09. The van der Waals surface area contributed by atoms with Crippen molar-refractivity contribution in [1.29, 1.82) is 0 Å². The quantitative estimate of drug-likeness (QED) is 0.711. The highest BCUT2D eigenvalue weighted by Gasteiger charge is 2.37. The molecular formula is C12H25N. The van der Waals surface area contributed by atoms with E-state index in [1.54, 1.807) is 0 Å². The molecule has 13 heavy (non-hydrogen) atoms. The van der Waals surface area contributed by atoms with Crippen LogP contribution in [0, 0.1) is 11.3 Å². The van der Waals surface area contributed by atoms with Crippen molar-refractivity contribution >= 4 is 0 Å². The molecule has 0 aromatic heterocycles. The highest BCUT2D eigenvalue weighted by Crippen LogP contribution is 2.38. The summed E-state index contributed by atoms with van der Waals surface area (Å²) in [6.45, 7) is 9.31. The number of hydrogen-bond donors (Lipinski definition) is 1. The molecule has 1 aliphatic rings. The normalized spacial score (nSPS) is 22.8. The van der Waals surface area contributed by atoms with E-state index in [1.165, 1.54) is 32.1 Å². The van der Waals surface area contributed by atoms with E-state index in [1.807, 2.05) is 0 Å². The second-order valence-corrected chi connectivity index (χ2v) is 6.27. The molecule has 1 fully saturated rings.